The summed E-state index contributed by atoms with van der Waals surface area (Å²) >= 11 is 0. The highest BCUT2D eigenvalue weighted by Crippen LogP contribution is 2.42. The molecule has 0 aliphatic rings. The number of aromatic nitrogens is 9. The SMILES string of the molecule is c1ccc(-c2cc(-c3cccc(-n4c5ccccc5c5cc(-c6cnc7c(c6)c6ccccc6n7-c6ccccc6)ccc54)c3)cc(-c3ccccc3)n2)cc1.c1ccc(-c2cc(-c3ccccc3)nc(-c3cccc(-n4c5ccccc5c5cc(-c6cnc7c(c6)c6ccccc6n7-c6ccccc6)ccc54)c3)n2)cc1. The van der Waals surface area contributed by atoms with Gasteiger partial charge in [0, 0.05) is 117 Å². The number of hydrogen-bond acceptors (Lipinski definition) is 5. The van der Waals surface area contributed by atoms with Crippen LogP contribution in [0.2, 0.25) is 0 Å². The first-order valence-electron chi connectivity index (χ1n) is 37.8. The van der Waals surface area contributed by atoms with Crippen LogP contribution in [-0.4, -0.2) is 43.2 Å². The Morgan fingerprint density at radius 2 is 0.455 bits per heavy atom. The minimum absolute atomic E-state index is 0.687. The van der Waals surface area contributed by atoms with Crippen LogP contribution in [0.3, 0.4) is 0 Å². The molecule has 9 heteroatoms. The molecule has 0 unspecified atom stereocenters. The highest BCUT2D eigenvalue weighted by molar-refractivity contribution is 6.14. The lowest BCUT2D eigenvalue weighted by Gasteiger charge is -2.13. The summed E-state index contributed by atoms with van der Waals surface area (Å²) < 4.78 is 9.26. The monoisotopic (exact) mass is 1430 g/mol. The van der Waals surface area contributed by atoms with Gasteiger partial charge in [-0.25, -0.2) is 24.9 Å². The van der Waals surface area contributed by atoms with E-state index in [0.29, 0.717) is 5.82 Å². The average molecular weight is 1430 g/mol. The summed E-state index contributed by atoms with van der Waals surface area (Å²) in [7, 11) is 0. The van der Waals surface area contributed by atoms with E-state index in [0.717, 1.165) is 156 Å². The van der Waals surface area contributed by atoms with Crippen LogP contribution in [0.15, 0.2) is 407 Å². The largest absolute Gasteiger partial charge is 0.309 e. The van der Waals surface area contributed by atoms with Gasteiger partial charge in [-0.2, -0.15) is 0 Å². The topological polar surface area (TPSA) is 84.2 Å². The normalized spacial score (nSPS) is 11.6. The first-order valence-corrected chi connectivity index (χ1v) is 37.8. The van der Waals surface area contributed by atoms with E-state index in [9.17, 15) is 0 Å². The van der Waals surface area contributed by atoms with Gasteiger partial charge in [0.2, 0.25) is 0 Å². The van der Waals surface area contributed by atoms with Crippen molar-refractivity contribution in [1.29, 1.82) is 0 Å². The van der Waals surface area contributed by atoms with Crippen LogP contribution >= 0.6 is 0 Å². The van der Waals surface area contributed by atoms with Crippen molar-refractivity contribution in [2.45, 2.75) is 0 Å². The fourth-order valence-electron chi connectivity index (χ4n) is 16.5. The van der Waals surface area contributed by atoms with Gasteiger partial charge in [0.15, 0.2) is 5.82 Å². The molecule has 0 atom stereocenters. The lowest BCUT2D eigenvalue weighted by molar-refractivity contribution is 1.14. The highest BCUT2D eigenvalue weighted by atomic mass is 15.1. The Bertz CT molecular complexity index is 6790. The van der Waals surface area contributed by atoms with Crippen molar-refractivity contribution in [3.63, 3.8) is 0 Å². The van der Waals surface area contributed by atoms with E-state index in [1.54, 1.807) is 0 Å². The standard InChI is InChI=1S/C52H34N4.C51H33N5/c1-4-15-35(16-5-1)47-32-39(33-48(54-47)36-17-6-2-7-18-36)37-19-14-22-42(29-37)55-49-25-12-10-23-43(49)45-30-38(27-28-51(45)55)40-31-46-44-24-11-13-26-50(44)56(52(46)53-34-40)41-20-8-3-9-21-41;1-4-15-34(16-5-1)45-32-46(35-17-6-2-7-18-35)54-50(53-45)37-19-14-22-40(29-37)55-47-25-12-10-23-41(47)43-30-36(27-28-49(43)55)38-31-44-42-24-11-13-26-48(42)56(51(44)52-33-38)39-20-8-3-9-21-39/h1-34H;1-33H. The van der Waals surface area contributed by atoms with Crippen LogP contribution in [0.4, 0.5) is 0 Å². The zero-order valence-electron chi connectivity index (χ0n) is 60.7. The lowest BCUT2D eigenvalue weighted by Crippen LogP contribution is -1.98. The van der Waals surface area contributed by atoms with Gasteiger partial charge >= 0.3 is 0 Å². The first kappa shape index (κ1) is 65.1. The smallest absolute Gasteiger partial charge is 0.160 e. The number of rotatable bonds is 12. The van der Waals surface area contributed by atoms with Crippen LogP contribution in [0, 0.1) is 0 Å². The molecule has 0 radical (unpaired) electrons. The Hall–Kier alpha value is -15.2. The number of hydrogen-bond donors (Lipinski definition) is 0. The maximum atomic E-state index is 5.12. The second kappa shape index (κ2) is 27.5. The summed E-state index contributed by atoms with van der Waals surface area (Å²) in [6, 6.07) is 139. The van der Waals surface area contributed by atoms with Gasteiger partial charge < -0.3 is 9.13 Å². The number of fused-ring (bicyclic) bond motifs is 12. The Morgan fingerprint density at radius 3 is 0.866 bits per heavy atom. The third kappa shape index (κ3) is 11.5. The van der Waals surface area contributed by atoms with E-state index in [1.807, 2.05) is 67.0 Å². The van der Waals surface area contributed by atoms with Crippen molar-refractivity contribution < 1.29 is 0 Å². The second-order valence-electron chi connectivity index (χ2n) is 28.4. The molecule has 0 saturated carbocycles. The highest BCUT2D eigenvalue weighted by Gasteiger charge is 2.22. The molecule has 0 saturated heterocycles. The molecule has 9 nitrogen and oxygen atoms in total. The zero-order chi connectivity index (χ0) is 74.0. The third-order valence-electron chi connectivity index (χ3n) is 21.7. The Balaban J connectivity index is 0.000000141. The molecule has 524 valence electrons. The van der Waals surface area contributed by atoms with Crippen LogP contribution in [0.25, 0.3) is 200 Å². The van der Waals surface area contributed by atoms with Gasteiger partial charge in [0.1, 0.15) is 11.3 Å². The minimum Gasteiger partial charge on any atom is -0.309 e. The Kier molecular flexibility index (Phi) is 16.0. The summed E-state index contributed by atoms with van der Waals surface area (Å²) in [5.74, 6) is 0.687. The maximum Gasteiger partial charge on any atom is 0.160 e. The molecule has 22 rings (SSSR count). The molecular weight excluding hydrogens is 1360 g/mol. The van der Waals surface area contributed by atoms with E-state index >= 15 is 0 Å². The number of para-hydroxylation sites is 6. The summed E-state index contributed by atoms with van der Waals surface area (Å²) in [6.45, 7) is 0. The summed E-state index contributed by atoms with van der Waals surface area (Å²) in [6.07, 6.45) is 4.03. The third-order valence-corrected chi connectivity index (χ3v) is 21.7. The predicted molar refractivity (Wildman–Crippen MR) is 463 cm³/mol. The van der Waals surface area contributed by atoms with Crippen LogP contribution in [0.1, 0.15) is 0 Å². The lowest BCUT2D eigenvalue weighted by atomic mass is 9.99. The van der Waals surface area contributed by atoms with Gasteiger partial charge in [0.25, 0.3) is 0 Å². The number of nitrogens with zero attached hydrogens (tertiary/aromatic N) is 9. The molecule has 0 bridgehead atoms. The summed E-state index contributed by atoms with van der Waals surface area (Å²) in [4.78, 5) is 25.6. The molecule has 8 aromatic heterocycles. The van der Waals surface area contributed by atoms with E-state index in [4.69, 9.17) is 24.9 Å². The minimum atomic E-state index is 0.687. The molecule has 0 spiro atoms. The van der Waals surface area contributed by atoms with Crippen molar-refractivity contribution in [2.24, 2.45) is 0 Å². The molecule has 0 aliphatic carbocycles. The molecule has 112 heavy (non-hydrogen) atoms. The average Bonchev–Trinajstić information content (AvgIpc) is 1.59. The molecule has 22 aromatic rings. The molecular formula is C103H67N9. The molecule has 8 heterocycles. The predicted octanol–water partition coefficient (Wildman–Crippen LogP) is 26.1. The summed E-state index contributed by atoms with van der Waals surface area (Å²) in [5.41, 5.74) is 28.8. The zero-order valence-corrected chi connectivity index (χ0v) is 60.7. The fourth-order valence-corrected chi connectivity index (χ4v) is 16.5. The van der Waals surface area contributed by atoms with Gasteiger partial charge in [0.05, 0.1) is 55.9 Å². The van der Waals surface area contributed by atoms with E-state index < -0.39 is 0 Å². The molecule has 0 fully saturated rings. The molecule has 0 amide bonds. The molecule has 0 N–H and O–H groups in total. The number of benzene rings is 14. The van der Waals surface area contributed by atoms with Crippen molar-refractivity contribution in [2.75, 3.05) is 0 Å². The van der Waals surface area contributed by atoms with Crippen molar-refractivity contribution in [3.05, 3.63) is 407 Å². The summed E-state index contributed by atoms with van der Waals surface area (Å²) in [5, 5.41) is 9.45. The quantitative estimate of drug-likeness (QED) is 0.122. The molecule has 0 aliphatic heterocycles. The van der Waals surface area contributed by atoms with Crippen LogP contribution < -0.4 is 0 Å². The fraction of sp³-hybridized carbons (Fsp3) is 0. The van der Waals surface area contributed by atoms with Crippen molar-refractivity contribution in [1.82, 2.24) is 43.2 Å². The van der Waals surface area contributed by atoms with Crippen molar-refractivity contribution >= 4 is 87.5 Å². The first-order chi connectivity index (χ1) is 55.5. The van der Waals surface area contributed by atoms with Crippen LogP contribution in [-0.2, 0) is 0 Å². The van der Waals surface area contributed by atoms with Gasteiger partial charge in [-0.3, -0.25) is 9.13 Å². The van der Waals surface area contributed by atoms with E-state index in [-0.39, 0.29) is 0 Å². The van der Waals surface area contributed by atoms with Gasteiger partial charge in [-0.05, 0) is 150 Å². The van der Waals surface area contributed by atoms with E-state index in [1.165, 1.54) is 37.8 Å². The Labute approximate surface area is 645 Å². The second-order valence-corrected chi connectivity index (χ2v) is 28.4. The van der Waals surface area contributed by atoms with E-state index in [2.05, 4.69) is 358 Å². The molecule has 14 aromatic carbocycles. The van der Waals surface area contributed by atoms with Crippen molar-refractivity contribution in [3.8, 4) is 113 Å². The maximum absolute atomic E-state index is 5.12. The van der Waals surface area contributed by atoms with Gasteiger partial charge in [-0.1, -0.05) is 267 Å². The Morgan fingerprint density at radius 1 is 0.161 bits per heavy atom. The van der Waals surface area contributed by atoms with Gasteiger partial charge in [-0.15, -0.1) is 0 Å². The van der Waals surface area contributed by atoms with Crippen LogP contribution in [0.5, 0.6) is 0 Å². The number of pyridine rings is 3.